The lowest BCUT2D eigenvalue weighted by Crippen LogP contribution is -1.98. The first-order valence-corrected chi connectivity index (χ1v) is 9.80. The van der Waals surface area contributed by atoms with Gasteiger partial charge < -0.3 is 0 Å². The summed E-state index contributed by atoms with van der Waals surface area (Å²) in [5.41, 5.74) is 6.42. The van der Waals surface area contributed by atoms with E-state index in [-0.39, 0.29) is 0 Å². The van der Waals surface area contributed by atoms with E-state index in [2.05, 4.69) is 55.5 Å². The van der Waals surface area contributed by atoms with E-state index in [0.717, 1.165) is 29.2 Å². The first-order valence-electron chi connectivity index (χ1n) is 9.80. The lowest BCUT2D eigenvalue weighted by atomic mass is 9.92. The molecule has 0 aliphatic carbocycles. The molecule has 2 heteroatoms. The average molecular weight is 384 g/mol. The van der Waals surface area contributed by atoms with Crippen LogP contribution < -0.4 is 0 Å². The van der Waals surface area contributed by atoms with Gasteiger partial charge >= 0.3 is 0 Å². The first-order chi connectivity index (χ1) is 14.1. The van der Waals surface area contributed by atoms with Crippen molar-refractivity contribution in [2.75, 3.05) is 0 Å². The Bertz CT molecular complexity index is 1080. The minimum Gasteiger partial charge on any atom is -0.204 e. The van der Waals surface area contributed by atoms with Gasteiger partial charge in [-0.2, -0.15) is 0 Å². The normalized spacial score (nSPS) is 12.0. The fraction of sp³-hybridized carbons (Fsp3) is 0.111. The molecule has 0 saturated heterocycles. The van der Waals surface area contributed by atoms with E-state index in [0.29, 0.717) is 11.5 Å². The fourth-order valence-electron chi connectivity index (χ4n) is 3.62. The van der Waals surface area contributed by atoms with Crippen LogP contribution in [-0.2, 0) is 6.42 Å². The predicted octanol–water partition coefficient (Wildman–Crippen LogP) is 7.65. The van der Waals surface area contributed by atoms with Crippen LogP contribution in [-0.4, -0.2) is 0 Å². The highest BCUT2D eigenvalue weighted by Crippen LogP contribution is 2.27. The van der Waals surface area contributed by atoms with Crippen LogP contribution in [0.3, 0.4) is 0 Å². The average Bonchev–Trinajstić information content (AvgIpc) is 2.77. The van der Waals surface area contributed by atoms with Crippen molar-refractivity contribution < 1.29 is 8.78 Å². The third-order valence-electron chi connectivity index (χ3n) is 5.34. The van der Waals surface area contributed by atoms with Crippen molar-refractivity contribution >= 4 is 0 Å². The summed E-state index contributed by atoms with van der Waals surface area (Å²) < 4.78 is 26.6. The molecule has 0 amide bonds. The van der Waals surface area contributed by atoms with E-state index in [1.54, 1.807) is 6.07 Å². The Morgan fingerprint density at radius 2 is 1.10 bits per heavy atom. The van der Waals surface area contributed by atoms with Gasteiger partial charge in [0.25, 0.3) is 0 Å². The molecule has 29 heavy (non-hydrogen) atoms. The summed E-state index contributed by atoms with van der Waals surface area (Å²) >= 11 is 0. The smallest absolute Gasteiger partial charge is 0.159 e. The van der Waals surface area contributed by atoms with Gasteiger partial charge in [0, 0.05) is 0 Å². The monoisotopic (exact) mass is 384 g/mol. The highest BCUT2D eigenvalue weighted by atomic mass is 19.2. The number of rotatable bonds is 5. The summed E-state index contributed by atoms with van der Waals surface area (Å²) in [7, 11) is 0. The Kier molecular flexibility index (Phi) is 5.53. The van der Waals surface area contributed by atoms with Crippen LogP contribution in [0.5, 0.6) is 0 Å². The summed E-state index contributed by atoms with van der Waals surface area (Å²) in [6.45, 7) is 2.25. The van der Waals surface area contributed by atoms with Crippen molar-refractivity contribution in [3.05, 3.63) is 120 Å². The molecule has 0 fully saturated rings. The minimum atomic E-state index is -0.827. The molecular formula is C27H22F2. The quantitative estimate of drug-likeness (QED) is 0.331. The lowest BCUT2D eigenvalue weighted by Gasteiger charge is -2.12. The number of halogens is 2. The molecule has 144 valence electrons. The van der Waals surface area contributed by atoms with Crippen LogP contribution in [0.2, 0.25) is 0 Å². The van der Waals surface area contributed by atoms with Crippen LogP contribution in [0.1, 0.15) is 24.0 Å². The summed E-state index contributed by atoms with van der Waals surface area (Å²) in [6.07, 6.45) is 0.999. The van der Waals surface area contributed by atoms with Gasteiger partial charge in [-0.3, -0.25) is 0 Å². The summed E-state index contributed by atoms with van der Waals surface area (Å²) in [5.74, 6) is -1.18. The number of hydrogen-bond donors (Lipinski definition) is 0. The summed E-state index contributed by atoms with van der Waals surface area (Å²) in [6, 6.07) is 31.1. The van der Waals surface area contributed by atoms with Gasteiger partial charge in [-0.1, -0.05) is 91.9 Å². The fourth-order valence-corrected chi connectivity index (χ4v) is 3.62. The van der Waals surface area contributed by atoms with Crippen molar-refractivity contribution in [2.24, 2.45) is 0 Å². The highest BCUT2D eigenvalue weighted by molar-refractivity contribution is 5.70. The zero-order valence-electron chi connectivity index (χ0n) is 16.3. The molecule has 4 rings (SSSR count). The van der Waals surface area contributed by atoms with Crippen molar-refractivity contribution in [2.45, 2.75) is 19.3 Å². The second kappa shape index (κ2) is 8.40. The van der Waals surface area contributed by atoms with E-state index in [1.807, 2.05) is 30.3 Å². The molecule has 0 aromatic heterocycles. The zero-order chi connectivity index (χ0) is 20.2. The molecule has 0 aliphatic heterocycles. The Hall–Kier alpha value is -3.26. The second-order valence-electron chi connectivity index (χ2n) is 7.42. The van der Waals surface area contributed by atoms with Gasteiger partial charge in [0.2, 0.25) is 0 Å². The third kappa shape index (κ3) is 4.43. The van der Waals surface area contributed by atoms with Crippen molar-refractivity contribution in [3.8, 4) is 22.3 Å². The summed E-state index contributed by atoms with van der Waals surface area (Å²) in [4.78, 5) is 0. The molecule has 0 N–H and O–H groups in total. The Morgan fingerprint density at radius 3 is 1.69 bits per heavy atom. The maximum Gasteiger partial charge on any atom is 0.159 e. The van der Waals surface area contributed by atoms with E-state index < -0.39 is 11.6 Å². The van der Waals surface area contributed by atoms with Crippen molar-refractivity contribution in [1.82, 2.24) is 0 Å². The maximum absolute atomic E-state index is 13.5. The molecule has 0 heterocycles. The molecule has 0 bridgehead atoms. The second-order valence-corrected chi connectivity index (χ2v) is 7.42. The van der Waals surface area contributed by atoms with Gasteiger partial charge in [0.15, 0.2) is 11.6 Å². The Labute approximate surface area is 170 Å². The number of benzene rings is 4. The first kappa shape index (κ1) is 19.1. The minimum absolute atomic E-state index is 0.470. The van der Waals surface area contributed by atoms with Gasteiger partial charge in [-0.05, 0) is 57.9 Å². The number of hydrogen-bond acceptors (Lipinski definition) is 0. The molecule has 4 aromatic carbocycles. The Balaban J connectivity index is 1.48. The molecular weight excluding hydrogens is 362 g/mol. The van der Waals surface area contributed by atoms with E-state index in [4.69, 9.17) is 0 Å². The largest absolute Gasteiger partial charge is 0.204 e. The van der Waals surface area contributed by atoms with Gasteiger partial charge in [-0.15, -0.1) is 0 Å². The molecule has 1 atom stereocenters. The van der Waals surface area contributed by atoms with E-state index >= 15 is 0 Å². The SMILES string of the molecule is C[C@H](Cc1ccc(-c2ccc(-c3ccc(F)c(F)c3)cc2)cc1)c1ccccc1. The zero-order valence-corrected chi connectivity index (χ0v) is 16.3. The van der Waals surface area contributed by atoms with Crippen LogP contribution >= 0.6 is 0 Å². The standard InChI is InChI=1S/C27H22F2/c1-19(21-5-3-2-4-6-21)17-20-7-9-22(10-8-20)23-11-13-24(14-12-23)25-15-16-26(28)27(29)18-25/h2-16,18-19H,17H2,1H3/t19-/m1/s1. The molecule has 0 radical (unpaired) electrons. The molecule has 0 saturated carbocycles. The van der Waals surface area contributed by atoms with Crippen LogP contribution in [0.15, 0.2) is 97.1 Å². The predicted molar refractivity (Wildman–Crippen MR) is 116 cm³/mol. The Morgan fingerprint density at radius 1 is 0.586 bits per heavy atom. The van der Waals surface area contributed by atoms with Gasteiger partial charge in [-0.25, -0.2) is 8.78 Å². The molecule has 4 aromatic rings. The lowest BCUT2D eigenvalue weighted by molar-refractivity contribution is 0.509. The van der Waals surface area contributed by atoms with Crippen LogP contribution in [0.25, 0.3) is 22.3 Å². The topological polar surface area (TPSA) is 0 Å². The van der Waals surface area contributed by atoms with Crippen molar-refractivity contribution in [1.29, 1.82) is 0 Å². The molecule has 0 aliphatic rings. The maximum atomic E-state index is 13.5. The summed E-state index contributed by atoms with van der Waals surface area (Å²) in [5, 5.41) is 0. The highest BCUT2D eigenvalue weighted by Gasteiger charge is 2.08. The van der Waals surface area contributed by atoms with Gasteiger partial charge in [0.05, 0.1) is 0 Å². The van der Waals surface area contributed by atoms with Crippen molar-refractivity contribution in [3.63, 3.8) is 0 Å². The van der Waals surface area contributed by atoms with Crippen LogP contribution in [0.4, 0.5) is 8.78 Å². The molecule has 0 nitrogen and oxygen atoms in total. The molecule has 0 spiro atoms. The van der Waals surface area contributed by atoms with Crippen LogP contribution in [0, 0.1) is 11.6 Å². The molecule has 0 unspecified atom stereocenters. The van der Waals surface area contributed by atoms with Gasteiger partial charge in [0.1, 0.15) is 0 Å². The van der Waals surface area contributed by atoms with E-state index in [9.17, 15) is 8.78 Å². The third-order valence-corrected chi connectivity index (χ3v) is 5.34. The van der Waals surface area contributed by atoms with E-state index in [1.165, 1.54) is 17.2 Å².